The van der Waals surface area contributed by atoms with Gasteiger partial charge < -0.3 is 20.4 Å². The molecule has 3 N–H and O–H groups in total. The van der Waals surface area contributed by atoms with Crippen LogP contribution in [0.25, 0.3) is 0 Å². The zero-order valence-corrected chi connectivity index (χ0v) is 11.6. The first-order valence-corrected chi connectivity index (χ1v) is 6.80. The highest BCUT2D eigenvalue weighted by Gasteiger charge is 2.27. The molecule has 0 bridgehead atoms. The standard InChI is InChI=1S/C13H24N2O4/c1-9(2)5-11(12(17)18)6-14-13(19)15-4-3-10(7-15)8-16/h9-11,16H,3-8H2,1-2H3,(H,14,19)(H,17,18). The van der Waals surface area contributed by atoms with Crippen LogP contribution in [0.4, 0.5) is 4.79 Å². The van der Waals surface area contributed by atoms with Crippen molar-refractivity contribution in [3.8, 4) is 0 Å². The number of carbonyl (C=O) groups is 2. The summed E-state index contributed by atoms with van der Waals surface area (Å²) in [5.41, 5.74) is 0. The molecule has 1 heterocycles. The first-order valence-electron chi connectivity index (χ1n) is 6.80. The zero-order chi connectivity index (χ0) is 14.4. The number of hydrogen-bond acceptors (Lipinski definition) is 3. The summed E-state index contributed by atoms with van der Waals surface area (Å²) in [6.45, 7) is 5.35. The van der Waals surface area contributed by atoms with Crippen LogP contribution in [-0.2, 0) is 4.79 Å². The molecule has 1 rings (SSSR count). The number of carboxylic acids is 1. The quantitative estimate of drug-likeness (QED) is 0.666. The third-order valence-corrected chi connectivity index (χ3v) is 3.44. The number of aliphatic hydroxyl groups is 1. The number of carbonyl (C=O) groups excluding carboxylic acids is 1. The van der Waals surface area contributed by atoms with Gasteiger partial charge in [-0.05, 0) is 18.8 Å². The van der Waals surface area contributed by atoms with E-state index in [1.165, 1.54) is 0 Å². The summed E-state index contributed by atoms with van der Waals surface area (Å²) in [7, 11) is 0. The van der Waals surface area contributed by atoms with E-state index in [1.54, 1.807) is 4.90 Å². The van der Waals surface area contributed by atoms with Crippen LogP contribution < -0.4 is 5.32 Å². The second-order valence-electron chi connectivity index (χ2n) is 5.63. The van der Waals surface area contributed by atoms with Crippen LogP contribution in [0.1, 0.15) is 26.7 Å². The van der Waals surface area contributed by atoms with Gasteiger partial charge >= 0.3 is 12.0 Å². The minimum absolute atomic E-state index is 0.0921. The maximum Gasteiger partial charge on any atom is 0.317 e. The largest absolute Gasteiger partial charge is 0.481 e. The van der Waals surface area contributed by atoms with Gasteiger partial charge in [0.2, 0.25) is 0 Å². The van der Waals surface area contributed by atoms with Crippen molar-refractivity contribution in [2.45, 2.75) is 26.7 Å². The van der Waals surface area contributed by atoms with Gasteiger partial charge in [-0.25, -0.2) is 4.79 Å². The Morgan fingerprint density at radius 3 is 2.58 bits per heavy atom. The average Bonchev–Trinajstić information content (AvgIpc) is 2.82. The van der Waals surface area contributed by atoms with E-state index in [0.29, 0.717) is 19.5 Å². The van der Waals surface area contributed by atoms with E-state index in [-0.39, 0.29) is 31.0 Å². The minimum Gasteiger partial charge on any atom is -0.481 e. The molecule has 0 aromatic heterocycles. The fourth-order valence-electron chi connectivity index (χ4n) is 2.33. The highest BCUT2D eigenvalue weighted by atomic mass is 16.4. The summed E-state index contributed by atoms with van der Waals surface area (Å²) in [5, 5.41) is 20.8. The van der Waals surface area contributed by atoms with Crippen LogP contribution in [0.5, 0.6) is 0 Å². The predicted molar refractivity (Wildman–Crippen MR) is 70.7 cm³/mol. The molecule has 1 saturated heterocycles. The van der Waals surface area contributed by atoms with Gasteiger partial charge in [-0.15, -0.1) is 0 Å². The summed E-state index contributed by atoms with van der Waals surface area (Å²) in [4.78, 5) is 24.6. The summed E-state index contributed by atoms with van der Waals surface area (Å²) in [5.74, 6) is -0.982. The molecule has 2 atom stereocenters. The van der Waals surface area contributed by atoms with Crippen molar-refractivity contribution in [2.75, 3.05) is 26.2 Å². The molecular formula is C13H24N2O4. The van der Waals surface area contributed by atoms with Gasteiger partial charge in [0.25, 0.3) is 0 Å². The zero-order valence-electron chi connectivity index (χ0n) is 11.6. The van der Waals surface area contributed by atoms with E-state index in [9.17, 15) is 9.59 Å². The Morgan fingerprint density at radius 1 is 1.42 bits per heavy atom. The lowest BCUT2D eigenvalue weighted by molar-refractivity contribution is -0.142. The lowest BCUT2D eigenvalue weighted by Crippen LogP contribution is -2.42. The van der Waals surface area contributed by atoms with Crippen molar-refractivity contribution < 1.29 is 19.8 Å². The van der Waals surface area contributed by atoms with Crippen molar-refractivity contribution >= 4 is 12.0 Å². The van der Waals surface area contributed by atoms with E-state index < -0.39 is 11.9 Å². The smallest absolute Gasteiger partial charge is 0.317 e. The number of rotatable bonds is 6. The van der Waals surface area contributed by atoms with Crippen LogP contribution in [0.3, 0.4) is 0 Å². The van der Waals surface area contributed by atoms with E-state index in [1.807, 2.05) is 13.8 Å². The molecule has 0 aromatic rings. The van der Waals surface area contributed by atoms with Crippen molar-refractivity contribution in [3.63, 3.8) is 0 Å². The Kier molecular flexibility index (Phi) is 6.08. The minimum atomic E-state index is -0.872. The van der Waals surface area contributed by atoms with E-state index >= 15 is 0 Å². The van der Waals surface area contributed by atoms with Crippen LogP contribution in [-0.4, -0.2) is 53.4 Å². The summed E-state index contributed by atoms with van der Waals surface area (Å²) < 4.78 is 0. The Hall–Kier alpha value is -1.30. The maximum absolute atomic E-state index is 11.9. The second-order valence-corrected chi connectivity index (χ2v) is 5.63. The van der Waals surface area contributed by atoms with Gasteiger partial charge in [-0.3, -0.25) is 4.79 Å². The SMILES string of the molecule is CC(C)CC(CNC(=O)N1CCC(CO)C1)C(=O)O. The first-order chi connectivity index (χ1) is 8.93. The summed E-state index contributed by atoms with van der Waals surface area (Å²) >= 11 is 0. The summed E-state index contributed by atoms with van der Waals surface area (Å²) in [6.07, 6.45) is 1.35. The van der Waals surface area contributed by atoms with Crippen molar-refractivity contribution in [1.82, 2.24) is 10.2 Å². The van der Waals surface area contributed by atoms with Gasteiger partial charge in [0.05, 0.1) is 5.92 Å². The van der Waals surface area contributed by atoms with Gasteiger partial charge in [0.1, 0.15) is 0 Å². The molecule has 0 saturated carbocycles. The molecule has 0 spiro atoms. The van der Waals surface area contributed by atoms with Gasteiger partial charge in [-0.1, -0.05) is 13.8 Å². The van der Waals surface area contributed by atoms with Crippen LogP contribution >= 0.6 is 0 Å². The molecule has 1 aliphatic rings. The predicted octanol–water partition coefficient (Wildman–Crippen LogP) is 0.757. The van der Waals surface area contributed by atoms with Crippen LogP contribution in [0.2, 0.25) is 0 Å². The van der Waals surface area contributed by atoms with Gasteiger partial charge in [0.15, 0.2) is 0 Å². The maximum atomic E-state index is 11.9. The number of nitrogens with one attached hydrogen (secondary N) is 1. The third kappa shape index (κ3) is 5.06. The fraction of sp³-hybridized carbons (Fsp3) is 0.846. The van der Waals surface area contributed by atoms with E-state index in [0.717, 1.165) is 6.42 Å². The number of amides is 2. The first kappa shape index (κ1) is 15.8. The number of aliphatic hydroxyl groups excluding tert-OH is 1. The lowest BCUT2D eigenvalue weighted by Gasteiger charge is -2.20. The Bertz CT molecular complexity index is 320. The number of urea groups is 1. The van der Waals surface area contributed by atoms with Crippen LogP contribution in [0.15, 0.2) is 0 Å². The average molecular weight is 272 g/mol. The molecule has 6 heteroatoms. The summed E-state index contributed by atoms with van der Waals surface area (Å²) in [6, 6.07) is -0.231. The van der Waals surface area contributed by atoms with Crippen molar-refractivity contribution in [2.24, 2.45) is 17.8 Å². The van der Waals surface area contributed by atoms with Gasteiger partial charge in [0, 0.05) is 32.2 Å². The van der Waals surface area contributed by atoms with Crippen LogP contribution in [0, 0.1) is 17.8 Å². The molecule has 0 aromatic carbocycles. The number of nitrogens with zero attached hydrogens (tertiary/aromatic N) is 1. The highest BCUT2D eigenvalue weighted by molar-refractivity contribution is 5.76. The Morgan fingerprint density at radius 2 is 2.11 bits per heavy atom. The topological polar surface area (TPSA) is 89.9 Å². The number of aliphatic carboxylic acids is 1. The van der Waals surface area contributed by atoms with Crippen molar-refractivity contribution in [1.29, 1.82) is 0 Å². The number of likely N-dealkylation sites (tertiary alicyclic amines) is 1. The molecule has 0 aliphatic carbocycles. The Balaban J connectivity index is 2.37. The molecule has 1 aliphatic heterocycles. The molecule has 0 radical (unpaired) electrons. The number of carboxylic acid groups (broad SMARTS) is 1. The lowest BCUT2D eigenvalue weighted by atomic mass is 9.97. The molecular weight excluding hydrogens is 248 g/mol. The normalized spacial score (nSPS) is 20.6. The molecule has 2 amide bonds. The number of hydrogen-bond donors (Lipinski definition) is 3. The molecule has 6 nitrogen and oxygen atoms in total. The molecule has 2 unspecified atom stereocenters. The molecule has 19 heavy (non-hydrogen) atoms. The van der Waals surface area contributed by atoms with Crippen molar-refractivity contribution in [3.05, 3.63) is 0 Å². The highest BCUT2D eigenvalue weighted by Crippen LogP contribution is 2.16. The third-order valence-electron chi connectivity index (χ3n) is 3.44. The van der Waals surface area contributed by atoms with Gasteiger partial charge in [-0.2, -0.15) is 0 Å². The van der Waals surface area contributed by atoms with E-state index in [4.69, 9.17) is 10.2 Å². The molecule has 1 fully saturated rings. The monoisotopic (exact) mass is 272 g/mol. The molecule has 110 valence electrons. The Labute approximate surface area is 113 Å². The second kappa shape index (κ2) is 7.33. The fourth-order valence-corrected chi connectivity index (χ4v) is 2.33. The van der Waals surface area contributed by atoms with E-state index in [2.05, 4.69) is 5.32 Å².